The predicted molar refractivity (Wildman–Crippen MR) is 76.3 cm³/mol. The molecule has 0 saturated heterocycles. The lowest BCUT2D eigenvalue weighted by atomic mass is 10.0. The Hall–Kier alpha value is -1.35. The molecular formula is C16H23NO2. The largest absolute Gasteiger partial charge is 0.478 e. The van der Waals surface area contributed by atoms with E-state index < -0.39 is 5.97 Å². The minimum atomic E-state index is -0.860. The molecule has 0 radical (unpaired) electrons. The molecule has 3 nitrogen and oxygen atoms in total. The maximum absolute atomic E-state index is 10.8. The third kappa shape index (κ3) is 4.35. The normalized spacial score (nSPS) is 16.1. The summed E-state index contributed by atoms with van der Waals surface area (Å²) in [6.07, 6.45) is 6.92. The van der Waals surface area contributed by atoms with Crippen LogP contribution in [0, 0.1) is 5.92 Å². The van der Waals surface area contributed by atoms with Crippen molar-refractivity contribution in [2.45, 2.75) is 38.6 Å². The van der Waals surface area contributed by atoms with Crippen molar-refractivity contribution in [3.8, 4) is 0 Å². The zero-order chi connectivity index (χ0) is 13.7. The van der Waals surface area contributed by atoms with Gasteiger partial charge in [-0.05, 0) is 43.6 Å². The van der Waals surface area contributed by atoms with E-state index in [1.165, 1.54) is 37.7 Å². The number of carboxylic acid groups (broad SMARTS) is 1. The van der Waals surface area contributed by atoms with E-state index in [2.05, 4.69) is 11.9 Å². The zero-order valence-corrected chi connectivity index (χ0v) is 11.6. The van der Waals surface area contributed by atoms with Crippen molar-refractivity contribution in [2.75, 3.05) is 13.6 Å². The van der Waals surface area contributed by atoms with Crippen molar-refractivity contribution in [3.63, 3.8) is 0 Å². The highest BCUT2D eigenvalue weighted by atomic mass is 16.4. The Morgan fingerprint density at radius 2 is 1.89 bits per heavy atom. The predicted octanol–water partition coefficient (Wildman–Crippen LogP) is 3.40. The first-order valence-electron chi connectivity index (χ1n) is 7.16. The van der Waals surface area contributed by atoms with E-state index in [9.17, 15) is 4.79 Å². The lowest BCUT2D eigenvalue weighted by molar-refractivity contribution is 0.0697. The Morgan fingerprint density at radius 3 is 2.47 bits per heavy atom. The average molecular weight is 261 g/mol. The molecule has 0 aromatic heterocycles. The number of hydrogen-bond acceptors (Lipinski definition) is 2. The van der Waals surface area contributed by atoms with E-state index in [1.54, 1.807) is 12.1 Å². The minimum absolute atomic E-state index is 0.359. The van der Waals surface area contributed by atoms with Gasteiger partial charge in [0, 0.05) is 6.54 Å². The fraction of sp³-hybridized carbons (Fsp3) is 0.562. The third-order valence-corrected chi connectivity index (χ3v) is 4.05. The summed E-state index contributed by atoms with van der Waals surface area (Å²) in [5.74, 6) is 0.0676. The summed E-state index contributed by atoms with van der Waals surface area (Å²) in [7, 11) is 2.14. The SMILES string of the molecule is CN(CCC1CCCC1)Cc1ccc(C(=O)O)cc1. The van der Waals surface area contributed by atoms with E-state index in [-0.39, 0.29) is 0 Å². The Balaban J connectivity index is 1.77. The van der Waals surface area contributed by atoms with Crippen LogP contribution in [0.15, 0.2) is 24.3 Å². The molecule has 0 heterocycles. The summed E-state index contributed by atoms with van der Waals surface area (Å²) in [6, 6.07) is 7.19. The van der Waals surface area contributed by atoms with Gasteiger partial charge in [0.2, 0.25) is 0 Å². The highest BCUT2D eigenvalue weighted by Crippen LogP contribution is 2.27. The number of rotatable bonds is 6. The van der Waals surface area contributed by atoms with Gasteiger partial charge in [-0.2, -0.15) is 0 Å². The molecule has 1 aromatic rings. The van der Waals surface area contributed by atoms with Crippen molar-refractivity contribution in [1.29, 1.82) is 0 Å². The fourth-order valence-electron chi connectivity index (χ4n) is 2.85. The number of benzene rings is 1. The van der Waals surface area contributed by atoms with Crippen LogP contribution in [0.1, 0.15) is 48.0 Å². The second-order valence-corrected chi connectivity index (χ2v) is 5.68. The van der Waals surface area contributed by atoms with Crippen LogP contribution in [0.2, 0.25) is 0 Å². The molecule has 19 heavy (non-hydrogen) atoms. The van der Waals surface area contributed by atoms with E-state index in [1.807, 2.05) is 12.1 Å². The average Bonchev–Trinajstić information content (AvgIpc) is 2.90. The maximum Gasteiger partial charge on any atom is 0.335 e. The number of aromatic carboxylic acids is 1. The van der Waals surface area contributed by atoms with Gasteiger partial charge in [-0.25, -0.2) is 4.79 Å². The van der Waals surface area contributed by atoms with Crippen LogP contribution in [0.3, 0.4) is 0 Å². The molecule has 2 rings (SSSR count). The number of carbonyl (C=O) groups is 1. The number of carboxylic acids is 1. The zero-order valence-electron chi connectivity index (χ0n) is 11.6. The Bertz CT molecular complexity index is 407. The molecule has 0 spiro atoms. The second kappa shape index (κ2) is 6.71. The van der Waals surface area contributed by atoms with E-state index >= 15 is 0 Å². The van der Waals surface area contributed by atoms with Gasteiger partial charge < -0.3 is 10.0 Å². The molecule has 1 N–H and O–H groups in total. The van der Waals surface area contributed by atoms with Crippen LogP contribution in [0.25, 0.3) is 0 Å². The fourth-order valence-corrected chi connectivity index (χ4v) is 2.85. The lowest BCUT2D eigenvalue weighted by Gasteiger charge is -2.19. The van der Waals surface area contributed by atoms with Gasteiger partial charge in [-0.1, -0.05) is 37.8 Å². The molecule has 0 atom stereocenters. The minimum Gasteiger partial charge on any atom is -0.478 e. The summed E-state index contributed by atoms with van der Waals surface area (Å²) in [4.78, 5) is 13.1. The van der Waals surface area contributed by atoms with E-state index in [0.29, 0.717) is 5.56 Å². The van der Waals surface area contributed by atoms with Crippen molar-refractivity contribution in [3.05, 3.63) is 35.4 Å². The molecule has 104 valence electrons. The molecule has 1 saturated carbocycles. The quantitative estimate of drug-likeness (QED) is 0.853. The van der Waals surface area contributed by atoms with Gasteiger partial charge in [0.05, 0.1) is 5.56 Å². The molecular weight excluding hydrogens is 238 g/mol. The Labute approximate surface area is 115 Å². The summed E-state index contributed by atoms with van der Waals surface area (Å²) in [6.45, 7) is 2.03. The van der Waals surface area contributed by atoms with Gasteiger partial charge in [0.15, 0.2) is 0 Å². The molecule has 0 aliphatic heterocycles. The molecule has 1 aliphatic rings. The first-order valence-corrected chi connectivity index (χ1v) is 7.16. The Kier molecular flexibility index (Phi) is 4.97. The van der Waals surface area contributed by atoms with Crippen LogP contribution < -0.4 is 0 Å². The van der Waals surface area contributed by atoms with Crippen LogP contribution in [-0.2, 0) is 6.54 Å². The molecule has 1 fully saturated rings. The number of nitrogens with zero attached hydrogens (tertiary/aromatic N) is 1. The van der Waals surface area contributed by atoms with Gasteiger partial charge in [0.25, 0.3) is 0 Å². The molecule has 0 unspecified atom stereocenters. The molecule has 1 aromatic carbocycles. The van der Waals surface area contributed by atoms with Crippen LogP contribution in [0.5, 0.6) is 0 Å². The summed E-state index contributed by atoms with van der Waals surface area (Å²) < 4.78 is 0. The van der Waals surface area contributed by atoms with Crippen molar-refractivity contribution < 1.29 is 9.90 Å². The van der Waals surface area contributed by atoms with Crippen LogP contribution in [-0.4, -0.2) is 29.6 Å². The molecule has 1 aliphatic carbocycles. The smallest absolute Gasteiger partial charge is 0.335 e. The lowest BCUT2D eigenvalue weighted by Crippen LogP contribution is -2.20. The summed E-state index contributed by atoms with van der Waals surface area (Å²) in [5.41, 5.74) is 1.54. The summed E-state index contributed by atoms with van der Waals surface area (Å²) >= 11 is 0. The second-order valence-electron chi connectivity index (χ2n) is 5.68. The Morgan fingerprint density at radius 1 is 1.26 bits per heavy atom. The highest BCUT2D eigenvalue weighted by Gasteiger charge is 2.15. The van der Waals surface area contributed by atoms with Crippen molar-refractivity contribution >= 4 is 5.97 Å². The topological polar surface area (TPSA) is 40.5 Å². The third-order valence-electron chi connectivity index (χ3n) is 4.05. The number of hydrogen-bond donors (Lipinski definition) is 1. The van der Waals surface area contributed by atoms with Crippen LogP contribution in [0.4, 0.5) is 0 Å². The van der Waals surface area contributed by atoms with Gasteiger partial charge in [-0.3, -0.25) is 0 Å². The highest BCUT2D eigenvalue weighted by molar-refractivity contribution is 5.87. The molecule has 0 bridgehead atoms. The van der Waals surface area contributed by atoms with Gasteiger partial charge >= 0.3 is 5.97 Å². The summed E-state index contributed by atoms with van der Waals surface area (Å²) in [5, 5.41) is 8.85. The monoisotopic (exact) mass is 261 g/mol. The molecule has 3 heteroatoms. The molecule has 0 amide bonds. The first kappa shape index (κ1) is 14.1. The van der Waals surface area contributed by atoms with Gasteiger partial charge in [0.1, 0.15) is 0 Å². The van der Waals surface area contributed by atoms with Gasteiger partial charge in [-0.15, -0.1) is 0 Å². The maximum atomic E-state index is 10.8. The van der Waals surface area contributed by atoms with Crippen molar-refractivity contribution in [1.82, 2.24) is 4.90 Å². The van der Waals surface area contributed by atoms with Crippen LogP contribution >= 0.6 is 0 Å². The first-order chi connectivity index (χ1) is 9.15. The van der Waals surface area contributed by atoms with Crippen molar-refractivity contribution in [2.24, 2.45) is 5.92 Å². The standard InChI is InChI=1S/C16H23NO2/c1-17(11-10-13-4-2-3-5-13)12-14-6-8-15(9-7-14)16(18)19/h6-9,13H,2-5,10-12H2,1H3,(H,18,19). The van der Waals surface area contributed by atoms with E-state index in [0.717, 1.165) is 19.0 Å². The van der Waals surface area contributed by atoms with E-state index in [4.69, 9.17) is 5.11 Å².